The Labute approximate surface area is 222 Å². The first-order chi connectivity index (χ1) is 16.5. The first-order valence-corrected chi connectivity index (χ1v) is 12.7. The van der Waals surface area contributed by atoms with Crippen LogP contribution in [0.25, 0.3) is 0 Å². The molecule has 37 heavy (non-hydrogen) atoms. The standard InChI is InChI=1S/C29H47NO7/c1-26(2,3)21-15-13-19(14-16-21)17-20(22(27(4,5)6)35-23(31)28(7,8)9)18-30(24(32)33)37-25(34)36-29(10,11)12/h13-16,20,22H,17-18H2,1-12H3,(H,32,33). The average molecular weight is 522 g/mol. The Balaban J connectivity index is 3.42. The normalized spacial score (nSPS) is 14.4. The third-order valence-corrected chi connectivity index (χ3v) is 5.63. The number of hydroxylamine groups is 2. The Hall–Kier alpha value is -2.77. The van der Waals surface area contributed by atoms with Gasteiger partial charge in [-0.3, -0.25) is 4.79 Å². The van der Waals surface area contributed by atoms with E-state index in [1.54, 1.807) is 41.5 Å². The van der Waals surface area contributed by atoms with Gasteiger partial charge in [0.25, 0.3) is 0 Å². The summed E-state index contributed by atoms with van der Waals surface area (Å²) in [5.41, 5.74) is -0.0443. The van der Waals surface area contributed by atoms with Crippen molar-refractivity contribution in [3.05, 3.63) is 35.4 Å². The molecule has 1 aromatic carbocycles. The first-order valence-electron chi connectivity index (χ1n) is 12.7. The van der Waals surface area contributed by atoms with Gasteiger partial charge in [-0.25, -0.2) is 9.59 Å². The summed E-state index contributed by atoms with van der Waals surface area (Å²) in [6.07, 6.45) is -2.85. The van der Waals surface area contributed by atoms with Crippen LogP contribution in [0, 0.1) is 16.7 Å². The molecule has 0 aromatic heterocycles. The lowest BCUT2D eigenvalue weighted by Gasteiger charge is -2.39. The van der Waals surface area contributed by atoms with E-state index < -0.39 is 46.7 Å². The lowest BCUT2D eigenvalue weighted by atomic mass is 9.77. The molecule has 0 saturated heterocycles. The number of carbonyl (C=O) groups excluding carboxylic acids is 2. The Bertz CT molecular complexity index is 925. The Morgan fingerprint density at radius 3 is 1.76 bits per heavy atom. The van der Waals surface area contributed by atoms with Gasteiger partial charge in [0, 0.05) is 5.92 Å². The highest BCUT2D eigenvalue weighted by molar-refractivity contribution is 5.75. The molecule has 0 aliphatic carbocycles. The largest absolute Gasteiger partial charge is 0.534 e. The molecule has 2 unspecified atom stereocenters. The fraction of sp³-hybridized carbons (Fsp3) is 0.690. The summed E-state index contributed by atoms with van der Waals surface area (Å²) in [4.78, 5) is 42.4. The van der Waals surface area contributed by atoms with Crippen LogP contribution in [0.5, 0.6) is 0 Å². The number of esters is 1. The summed E-state index contributed by atoms with van der Waals surface area (Å²) in [6.45, 7) is 22.3. The molecule has 0 aliphatic heterocycles. The van der Waals surface area contributed by atoms with Gasteiger partial charge in [0.05, 0.1) is 12.0 Å². The molecule has 0 aliphatic rings. The maximum atomic E-state index is 12.9. The van der Waals surface area contributed by atoms with Crippen LogP contribution < -0.4 is 0 Å². The van der Waals surface area contributed by atoms with Crippen molar-refractivity contribution >= 4 is 18.2 Å². The fourth-order valence-corrected chi connectivity index (χ4v) is 3.71. The van der Waals surface area contributed by atoms with Gasteiger partial charge in [0.2, 0.25) is 0 Å². The van der Waals surface area contributed by atoms with Crippen molar-refractivity contribution in [2.75, 3.05) is 6.54 Å². The second-order valence-electron chi connectivity index (χ2n) is 13.8. The average Bonchev–Trinajstić information content (AvgIpc) is 2.67. The van der Waals surface area contributed by atoms with Crippen molar-refractivity contribution in [3.8, 4) is 0 Å². The molecule has 0 bridgehead atoms. The van der Waals surface area contributed by atoms with E-state index in [4.69, 9.17) is 14.3 Å². The van der Waals surface area contributed by atoms with Crippen LogP contribution in [0.4, 0.5) is 9.59 Å². The number of ether oxygens (including phenoxy) is 2. The number of rotatable bonds is 6. The van der Waals surface area contributed by atoms with Crippen LogP contribution >= 0.6 is 0 Å². The summed E-state index contributed by atoms with van der Waals surface area (Å²) in [7, 11) is 0. The van der Waals surface area contributed by atoms with Crippen LogP contribution in [0.3, 0.4) is 0 Å². The van der Waals surface area contributed by atoms with E-state index in [2.05, 4.69) is 20.8 Å². The van der Waals surface area contributed by atoms with E-state index in [0.717, 1.165) is 5.56 Å². The van der Waals surface area contributed by atoms with Crippen LogP contribution in [0.15, 0.2) is 24.3 Å². The topological polar surface area (TPSA) is 102 Å². The Morgan fingerprint density at radius 1 is 0.865 bits per heavy atom. The van der Waals surface area contributed by atoms with E-state index in [-0.39, 0.29) is 12.0 Å². The zero-order chi connectivity index (χ0) is 29.0. The summed E-state index contributed by atoms with van der Waals surface area (Å²) in [5.74, 6) is -0.916. The van der Waals surface area contributed by atoms with Gasteiger partial charge in [0.15, 0.2) is 0 Å². The second-order valence-corrected chi connectivity index (χ2v) is 13.8. The van der Waals surface area contributed by atoms with Gasteiger partial charge in [-0.2, -0.15) is 0 Å². The number of nitrogens with zero attached hydrogens (tertiary/aromatic N) is 1. The molecule has 8 nitrogen and oxygen atoms in total. The minimum atomic E-state index is -1.45. The number of amides is 1. The zero-order valence-corrected chi connectivity index (χ0v) is 24.7. The number of carboxylic acid groups (broad SMARTS) is 1. The van der Waals surface area contributed by atoms with Crippen molar-refractivity contribution in [2.45, 2.75) is 107 Å². The van der Waals surface area contributed by atoms with Crippen LogP contribution in [0.2, 0.25) is 0 Å². The minimum absolute atomic E-state index is 0.0184. The van der Waals surface area contributed by atoms with Crippen molar-refractivity contribution in [3.63, 3.8) is 0 Å². The molecular weight excluding hydrogens is 474 g/mol. The van der Waals surface area contributed by atoms with E-state index in [1.807, 2.05) is 45.0 Å². The fourth-order valence-electron chi connectivity index (χ4n) is 3.71. The van der Waals surface area contributed by atoms with Crippen molar-refractivity contribution in [1.82, 2.24) is 5.06 Å². The molecule has 1 amide bonds. The summed E-state index contributed by atoms with van der Waals surface area (Å²) >= 11 is 0. The second kappa shape index (κ2) is 11.7. The quantitative estimate of drug-likeness (QED) is 0.318. The molecule has 2 atom stereocenters. The van der Waals surface area contributed by atoms with E-state index >= 15 is 0 Å². The summed E-state index contributed by atoms with van der Waals surface area (Å²) in [5, 5.41) is 10.4. The molecule has 1 rings (SSSR count). The highest BCUT2D eigenvalue weighted by Crippen LogP contribution is 2.34. The third kappa shape index (κ3) is 11.0. The van der Waals surface area contributed by atoms with Crippen LogP contribution in [0.1, 0.15) is 94.2 Å². The van der Waals surface area contributed by atoms with Crippen molar-refractivity contribution < 1.29 is 33.8 Å². The van der Waals surface area contributed by atoms with E-state index in [9.17, 15) is 19.5 Å². The van der Waals surface area contributed by atoms with Crippen LogP contribution in [-0.4, -0.2) is 46.6 Å². The molecule has 1 N–H and O–H groups in total. The van der Waals surface area contributed by atoms with Gasteiger partial charge >= 0.3 is 18.2 Å². The lowest BCUT2D eigenvalue weighted by Crippen LogP contribution is -2.47. The molecule has 0 radical (unpaired) electrons. The third-order valence-electron chi connectivity index (χ3n) is 5.63. The van der Waals surface area contributed by atoms with Crippen molar-refractivity contribution in [1.29, 1.82) is 0 Å². The molecular formula is C29H47NO7. The predicted molar refractivity (Wildman–Crippen MR) is 143 cm³/mol. The molecule has 8 heteroatoms. The number of hydrogen-bond donors (Lipinski definition) is 1. The molecule has 0 spiro atoms. The monoisotopic (exact) mass is 521 g/mol. The lowest BCUT2D eigenvalue weighted by molar-refractivity contribution is -0.175. The highest BCUT2D eigenvalue weighted by Gasteiger charge is 2.40. The molecule has 210 valence electrons. The molecule has 1 aromatic rings. The van der Waals surface area contributed by atoms with Gasteiger partial charge < -0.3 is 19.4 Å². The smallest absolute Gasteiger partial charge is 0.463 e. The van der Waals surface area contributed by atoms with Crippen LogP contribution in [-0.2, 0) is 30.9 Å². The van der Waals surface area contributed by atoms with Crippen molar-refractivity contribution in [2.24, 2.45) is 16.7 Å². The SMILES string of the molecule is CC(C)(C)OC(=O)ON(CC(Cc1ccc(C(C)(C)C)cc1)C(OC(=O)C(C)(C)C)C(C)(C)C)C(=O)O. The Morgan fingerprint density at radius 2 is 1.38 bits per heavy atom. The van der Waals surface area contributed by atoms with E-state index in [0.29, 0.717) is 11.5 Å². The predicted octanol–water partition coefficient (Wildman–Crippen LogP) is 6.99. The maximum Gasteiger partial charge on any atom is 0.534 e. The number of benzene rings is 1. The van der Waals surface area contributed by atoms with Gasteiger partial charge in [-0.05, 0) is 69.9 Å². The van der Waals surface area contributed by atoms with E-state index in [1.165, 1.54) is 5.56 Å². The summed E-state index contributed by atoms with van der Waals surface area (Å²) < 4.78 is 11.2. The zero-order valence-electron chi connectivity index (χ0n) is 24.7. The highest BCUT2D eigenvalue weighted by atomic mass is 16.8. The molecule has 0 fully saturated rings. The van der Waals surface area contributed by atoms with Gasteiger partial charge in [-0.15, -0.1) is 5.06 Å². The number of hydrogen-bond acceptors (Lipinski definition) is 6. The minimum Gasteiger partial charge on any atom is -0.463 e. The van der Waals surface area contributed by atoms with Gasteiger partial charge in [-0.1, -0.05) is 65.8 Å². The maximum absolute atomic E-state index is 12.9. The molecule has 0 saturated carbocycles. The van der Waals surface area contributed by atoms with Gasteiger partial charge in [0.1, 0.15) is 11.7 Å². The Kier molecular flexibility index (Phi) is 10.2. The first kappa shape index (κ1) is 32.3. The summed E-state index contributed by atoms with van der Waals surface area (Å²) in [6, 6.07) is 8.09. The number of carbonyl (C=O) groups is 3. The molecule has 0 heterocycles.